The van der Waals surface area contributed by atoms with Gasteiger partial charge in [-0.3, -0.25) is 10.2 Å². The summed E-state index contributed by atoms with van der Waals surface area (Å²) < 4.78 is 70.4. The molecule has 2 aromatic carbocycles. The van der Waals surface area contributed by atoms with E-state index >= 15 is 8.78 Å². The third kappa shape index (κ3) is 7.82. The number of alkyl halides is 1. The third-order valence-corrected chi connectivity index (χ3v) is 12.3. The molecule has 4 aliphatic heterocycles. The van der Waals surface area contributed by atoms with Crippen LogP contribution in [-0.2, 0) is 27.4 Å². The van der Waals surface area contributed by atoms with E-state index in [0.717, 1.165) is 43.6 Å². The van der Waals surface area contributed by atoms with E-state index in [1.165, 1.54) is 12.1 Å². The minimum Gasteiger partial charge on any atom is -0.462 e. The number of rotatable bonds is 8. The maximum Gasteiger partial charge on any atom is 0.412 e. The summed E-state index contributed by atoms with van der Waals surface area (Å²) in [5, 5.41) is 13.7. The number of likely N-dealkylation sites (tertiary alicyclic amines) is 2. The van der Waals surface area contributed by atoms with Crippen LogP contribution in [0.4, 0.5) is 33.6 Å². The zero-order valence-electron chi connectivity index (χ0n) is 34.0. The smallest absolute Gasteiger partial charge is 0.412 e. The van der Waals surface area contributed by atoms with Crippen LogP contribution in [0.3, 0.4) is 0 Å². The molecule has 3 fully saturated rings. The zero-order valence-corrected chi connectivity index (χ0v) is 34.9. The molecule has 2 bridgehead atoms. The lowest BCUT2D eigenvalue weighted by molar-refractivity contribution is 0.0209. The number of carbonyl (C=O) groups excluding carboxylic acids is 2. The van der Waals surface area contributed by atoms with E-state index in [9.17, 15) is 19.2 Å². The number of thiophene rings is 1. The Kier molecular flexibility index (Phi) is 10.8. The molecule has 2 amide bonds. The first kappa shape index (κ1) is 40.8. The molecular formula is C42H48F3N7O6S. The monoisotopic (exact) mass is 835 g/mol. The van der Waals surface area contributed by atoms with Gasteiger partial charge in [0, 0.05) is 48.7 Å². The van der Waals surface area contributed by atoms with E-state index in [4.69, 9.17) is 28.9 Å². The lowest BCUT2D eigenvalue weighted by Gasteiger charge is -2.42. The van der Waals surface area contributed by atoms with Crippen LogP contribution in [0.2, 0.25) is 0 Å². The molecule has 2 unspecified atom stereocenters. The molecular weight excluding hydrogens is 788 g/mol. The van der Waals surface area contributed by atoms with E-state index in [1.807, 2.05) is 25.7 Å². The summed E-state index contributed by atoms with van der Waals surface area (Å²) in [5.74, 6) is -0.921. The molecule has 13 nitrogen and oxygen atoms in total. The van der Waals surface area contributed by atoms with Gasteiger partial charge < -0.3 is 28.7 Å². The van der Waals surface area contributed by atoms with E-state index in [-0.39, 0.29) is 87.8 Å². The Hall–Kier alpha value is -4.92. The second kappa shape index (κ2) is 15.6. The number of nitriles is 1. The molecule has 8 rings (SSSR count). The molecule has 4 aliphatic rings. The third-order valence-electron chi connectivity index (χ3n) is 11.2. The van der Waals surface area contributed by atoms with Crippen molar-refractivity contribution in [3.05, 3.63) is 40.5 Å². The topological polar surface area (TPSA) is 142 Å². The molecule has 0 aliphatic carbocycles. The summed E-state index contributed by atoms with van der Waals surface area (Å²) in [7, 11) is 0. The minimum atomic E-state index is -0.835. The van der Waals surface area contributed by atoms with Crippen LogP contribution < -0.4 is 15.0 Å². The molecule has 0 saturated carbocycles. The summed E-state index contributed by atoms with van der Waals surface area (Å²) in [6.07, 6.45) is 1.98. The predicted molar refractivity (Wildman–Crippen MR) is 216 cm³/mol. The first-order chi connectivity index (χ1) is 28.0. The van der Waals surface area contributed by atoms with Gasteiger partial charge in [-0.25, -0.2) is 22.8 Å². The molecule has 0 radical (unpaired) electrons. The number of nitrogens with one attached hydrogen (secondary N) is 1. The number of hydrogen-bond donors (Lipinski definition) is 1. The highest BCUT2D eigenvalue weighted by Gasteiger charge is 2.45. The molecule has 3 atom stereocenters. The zero-order chi connectivity index (χ0) is 42.0. The number of nitrogens with zero attached hydrogens (tertiary/aromatic N) is 6. The Morgan fingerprint density at radius 1 is 1.00 bits per heavy atom. The highest BCUT2D eigenvalue weighted by Crippen LogP contribution is 2.49. The Balaban J connectivity index is 1.28. The van der Waals surface area contributed by atoms with E-state index in [2.05, 4.69) is 16.3 Å². The van der Waals surface area contributed by atoms with Crippen LogP contribution >= 0.6 is 11.3 Å². The molecule has 6 heterocycles. The van der Waals surface area contributed by atoms with Gasteiger partial charge in [-0.1, -0.05) is 6.07 Å². The van der Waals surface area contributed by atoms with Gasteiger partial charge in [-0.15, -0.1) is 11.3 Å². The molecule has 17 heteroatoms. The number of aromatic nitrogens is 2. The fraction of sp³-hybridized carbons (Fsp3) is 0.548. The largest absolute Gasteiger partial charge is 0.462 e. The fourth-order valence-electron chi connectivity index (χ4n) is 8.88. The summed E-state index contributed by atoms with van der Waals surface area (Å²) in [6.45, 7) is 12.1. The summed E-state index contributed by atoms with van der Waals surface area (Å²) in [5.41, 5.74) is -0.109. The summed E-state index contributed by atoms with van der Waals surface area (Å²) >= 11 is 0.859. The predicted octanol–water partition coefficient (Wildman–Crippen LogP) is 8.44. The molecule has 0 spiro atoms. The van der Waals surface area contributed by atoms with E-state index in [0.29, 0.717) is 35.4 Å². The first-order valence-corrected chi connectivity index (χ1v) is 20.8. The maximum atomic E-state index is 17.8. The molecule has 2 aromatic heterocycles. The van der Waals surface area contributed by atoms with E-state index in [1.54, 1.807) is 25.7 Å². The van der Waals surface area contributed by atoms with Crippen molar-refractivity contribution in [3.63, 3.8) is 0 Å². The van der Waals surface area contributed by atoms with Crippen molar-refractivity contribution in [2.75, 3.05) is 49.7 Å². The van der Waals surface area contributed by atoms with Gasteiger partial charge in [0.1, 0.15) is 52.7 Å². The second-order valence-electron chi connectivity index (χ2n) is 17.5. The number of ether oxygens (including phenoxy) is 4. The highest BCUT2D eigenvalue weighted by molar-refractivity contribution is 7.23. The van der Waals surface area contributed by atoms with Crippen molar-refractivity contribution in [1.82, 2.24) is 19.8 Å². The lowest BCUT2D eigenvalue weighted by atomic mass is 9.90. The number of anilines is 2. The molecule has 3 saturated heterocycles. The quantitative estimate of drug-likeness (QED) is 0.183. The molecule has 59 heavy (non-hydrogen) atoms. The van der Waals surface area contributed by atoms with Crippen LogP contribution in [-0.4, -0.2) is 101 Å². The second-order valence-corrected chi connectivity index (χ2v) is 18.6. The number of fused-ring (bicyclic) bond motifs is 6. The Labute approximate surface area is 344 Å². The van der Waals surface area contributed by atoms with Crippen molar-refractivity contribution in [1.29, 1.82) is 5.26 Å². The van der Waals surface area contributed by atoms with Crippen molar-refractivity contribution in [2.45, 2.75) is 110 Å². The Bertz CT molecular complexity index is 2360. The number of amides is 2. The number of piperazine rings is 1. The Morgan fingerprint density at radius 2 is 1.71 bits per heavy atom. The summed E-state index contributed by atoms with van der Waals surface area (Å²) in [4.78, 5) is 41.7. The summed E-state index contributed by atoms with van der Waals surface area (Å²) in [6, 6.07) is 4.29. The first-order valence-electron chi connectivity index (χ1n) is 20.0. The van der Waals surface area contributed by atoms with Gasteiger partial charge in [0.25, 0.3) is 0 Å². The number of hydrogen-bond acceptors (Lipinski definition) is 12. The standard InChI is InChI=1S/C42H48F3N7O6S/c1-41(2,3)57-39(53)49-37-26(16-46)31-25(11-12-29(44)35(31)59-37)30-27-20-55-21-28(27)32-34(33(30)45)47-38(56-19-24-8-7-14-50(24)15-13-43)48-36(32)52-22-9-10-23(52)18-51(17-22)40(54)58-42(4,5)6/h11-12,22-24H,7-10,13-15,17-21H2,1-6H3,(H,49,53)/t22?,23?,24-/m0/s1. The van der Waals surface area contributed by atoms with Crippen LogP contribution in [0.5, 0.6) is 6.01 Å². The van der Waals surface area contributed by atoms with Crippen molar-refractivity contribution >= 4 is 55.3 Å². The van der Waals surface area contributed by atoms with Crippen LogP contribution in [0.25, 0.3) is 32.1 Å². The van der Waals surface area contributed by atoms with E-state index < -0.39 is 41.7 Å². The molecule has 314 valence electrons. The average Bonchev–Trinajstić information content (AvgIpc) is 3.95. The fourth-order valence-corrected chi connectivity index (χ4v) is 9.95. The van der Waals surface area contributed by atoms with Gasteiger partial charge in [0.05, 0.1) is 28.9 Å². The van der Waals surface area contributed by atoms with Crippen molar-refractivity contribution < 1.29 is 41.7 Å². The normalized spacial score (nSPS) is 20.6. The van der Waals surface area contributed by atoms with Crippen LogP contribution in [0.15, 0.2) is 12.1 Å². The highest BCUT2D eigenvalue weighted by atomic mass is 32.1. The average molecular weight is 836 g/mol. The Morgan fingerprint density at radius 3 is 2.39 bits per heavy atom. The SMILES string of the molecule is CC(C)(C)OC(=O)Nc1sc2c(F)ccc(-c3c4c(c5c(N6C7CCC6CN(C(=O)OC(C)(C)C)C7)nc(OC[C@@H]6CCCN6CCF)nc5c3F)COC4)c2c1C#N. The lowest BCUT2D eigenvalue weighted by Crippen LogP contribution is -2.56. The van der Waals surface area contributed by atoms with Gasteiger partial charge in [-0.05, 0) is 96.5 Å². The minimum absolute atomic E-state index is 0.0223. The van der Waals surface area contributed by atoms with Gasteiger partial charge in [0.2, 0.25) is 0 Å². The van der Waals surface area contributed by atoms with Crippen molar-refractivity contribution in [2.24, 2.45) is 0 Å². The molecule has 1 N–H and O–H groups in total. The van der Waals surface area contributed by atoms with Crippen LogP contribution in [0.1, 0.15) is 83.9 Å². The van der Waals surface area contributed by atoms with Crippen LogP contribution in [0, 0.1) is 23.0 Å². The number of benzene rings is 2. The van der Waals surface area contributed by atoms with Gasteiger partial charge in [0.15, 0.2) is 5.82 Å². The van der Waals surface area contributed by atoms with Gasteiger partial charge in [-0.2, -0.15) is 15.2 Å². The molecule has 4 aromatic rings. The van der Waals surface area contributed by atoms with Crippen molar-refractivity contribution in [3.8, 4) is 23.2 Å². The number of carbonyl (C=O) groups is 2. The maximum absolute atomic E-state index is 17.8. The number of halogens is 3. The van der Waals surface area contributed by atoms with Gasteiger partial charge >= 0.3 is 18.2 Å².